The molecule has 0 aliphatic heterocycles. The Hall–Kier alpha value is -0.390. The van der Waals surface area contributed by atoms with E-state index in [0.29, 0.717) is 0 Å². The normalized spacial score (nSPS) is 13.7. The fourth-order valence-corrected chi connectivity index (χ4v) is 2.98. The van der Waals surface area contributed by atoms with Crippen LogP contribution in [0.4, 0.5) is 0 Å². The van der Waals surface area contributed by atoms with Crippen LogP contribution in [0.3, 0.4) is 0 Å². The summed E-state index contributed by atoms with van der Waals surface area (Å²) < 4.78 is 11.6. The van der Waals surface area contributed by atoms with Crippen molar-refractivity contribution in [3.63, 3.8) is 0 Å². The predicted octanol–water partition coefficient (Wildman–Crippen LogP) is 4.89. The molecule has 0 saturated heterocycles. The van der Waals surface area contributed by atoms with Crippen molar-refractivity contribution >= 4 is 23.7 Å². The van der Waals surface area contributed by atoms with Gasteiger partial charge in [0.05, 0.1) is 0 Å². The molecular formula is C14H21ClOP+. The summed E-state index contributed by atoms with van der Waals surface area (Å²) in [6.07, 6.45) is 0. The van der Waals surface area contributed by atoms with Gasteiger partial charge in [-0.3, -0.25) is 0 Å². The van der Waals surface area contributed by atoms with Crippen LogP contribution in [0.25, 0.3) is 0 Å². The number of benzene rings is 1. The standard InChI is InChI=1S/C14H21ClOP/c1-13(2,3)10-7-8-12(17(15)16)11(9-10)14(4,5)6/h7-9H,1-6H3/q+1. The number of halogens is 1. The van der Waals surface area contributed by atoms with Crippen molar-refractivity contribution < 1.29 is 4.57 Å². The van der Waals surface area contributed by atoms with Crippen LogP contribution in [0.15, 0.2) is 18.2 Å². The van der Waals surface area contributed by atoms with Gasteiger partial charge in [0, 0.05) is 5.56 Å². The molecule has 1 unspecified atom stereocenters. The minimum absolute atomic E-state index is 0.0452. The zero-order chi connectivity index (χ0) is 13.4. The second-order valence-corrected chi connectivity index (χ2v) is 8.37. The molecule has 0 aliphatic carbocycles. The Kier molecular flexibility index (Phi) is 4.06. The van der Waals surface area contributed by atoms with Gasteiger partial charge in [-0.25, -0.2) is 0 Å². The summed E-state index contributed by atoms with van der Waals surface area (Å²) in [5.41, 5.74) is 2.38. The third-order valence-corrected chi connectivity index (χ3v) is 4.18. The van der Waals surface area contributed by atoms with Gasteiger partial charge in [0.1, 0.15) is 0 Å². The van der Waals surface area contributed by atoms with E-state index < -0.39 is 7.15 Å². The molecule has 1 rings (SSSR count). The van der Waals surface area contributed by atoms with Crippen LogP contribution in [-0.2, 0) is 15.4 Å². The molecule has 3 heteroatoms. The molecule has 1 aromatic rings. The Balaban J connectivity index is 3.46. The van der Waals surface area contributed by atoms with Crippen LogP contribution in [-0.4, -0.2) is 0 Å². The summed E-state index contributed by atoms with van der Waals surface area (Å²) in [6.45, 7) is 12.9. The predicted molar refractivity (Wildman–Crippen MR) is 76.9 cm³/mol. The second-order valence-electron chi connectivity index (χ2n) is 6.48. The fourth-order valence-electron chi connectivity index (χ4n) is 1.76. The molecule has 1 atom stereocenters. The maximum atomic E-state index is 11.6. The molecule has 1 nitrogen and oxygen atoms in total. The van der Waals surface area contributed by atoms with E-state index in [9.17, 15) is 4.57 Å². The van der Waals surface area contributed by atoms with E-state index in [1.807, 2.05) is 12.1 Å². The van der Waals surface area contributed by atoms with Gasteiger partial charge in [0.25, 0.3) is 0 Å². The highest BCUT2D eigenvalue weighted by Gasteiger charge is 2.30. The first kappa shape index (κ1) is 14.7. The molecule has 0 amide bonds. The van der Waals surface area contributed by atoms with Crippen LogP contribution in [0.5, 0.6) is 0 Å². The fraction of sp³-hybridized carbons (Fsp3) is 0.571. The van der Waals surface area contributed by atoms with E-state index in [1.54, 1.807) is 0 Å². The molecule has 0 fully saturated rings. The number of rotatable bonds is 1. The van der Waals surface area contributed by atoms with Gasteiger partial charge in [0.15, 0.2) is 0 Å². The van der Waals surface area contributed by atoms with E-state index in [-0.39, 0.29) is 10.8 Å². The average Bonchev–Trinajstić information content (AvgIpc) is 2.14. The van der Waals surface area contributed by atoms with Crippen LogP contribution >= 0.6 is 18.4 Å². The van der Waals surface area contributed by atoms with Crippen molar-refractivity contribution in [1.29, 1.82) is 0 Å². The monoisotopic (exact) mass is 271 g/mol. The highest BCUT2D eigenvalue weighted by Crippen LogP contribution is 2.35. The highest BCUT2D eigenvalue weighted by molar-refractivity contribution is 7.80. The average molecular weight is 272 g/mol. The van der Waals surface area contributed by atoms with Gasteiger partial charge in [0.2, 0.25) is 16.5 Å². The van der Waals surface area contributed by atoms with E-state index in [0.717, 1.165) is 10.9 Å². The molecular weight excluding hydrogens is 251 g/mol. The zero-order valence-electron chi connectivity index (χ0n) is 11.5. The van der Waals surface area contributed by atoms with Gasteiger partial charge < -0.3 is 0 Å². The van der Waals surface area contributed by atoms with E-state index >= 15 is 0 Å². The molecule has 0 bridgehead atoms. The molecule has 1 aromatic carbocycles. The topological polar surface area (TPSA) is 17.1 Å². The minimum Gasteiger partial charge on any atom is -0.0561 e. The van der Waals surface area contributed by atoms with Gasteiger partial charge >= 0.3 is 7.15 Å². The molecule has 0 saturated carbocycles. The lowest BCUT2D eigenvalue weighted by Gasteiger charge is -2.24. The maximum Gasteiger partial charge on any atom is 0.494 e. The first-order valence-electron chi connectivity index (χ1n) is 5.81. The van der Waals surface area contributed by atoms with Crippen molar-refractivity contribution in [2.24, 2.45) is 0 Å². The Morgan fingerprint density at radius 2 is 1.53 bits per heavy atom. The summed E-state index contributed by atoms with van der Waals surface area (Å²) in [5.74, 6) is 0. The lowest BCUT2D eigenvalue weighted by atomic mass is 9.81. The molecule has 17 heavy (non-hydrogen) atoms. The van der Waals surface area contributed by atoms with Crippen molar-refractivity contribution in [1.82, 2.24) is 0 Å². The third-order valence-electron chi connectivity index (χ3n) is 2.86. The smallest absolute Gasteiger partial charge is 0.0561 e. The van der Waals surface area contributed by atoms with Crippen LogP contribution in [0.2, 0.25) is 0 Å². The number of hydrogen-bond donors (Lipinski definition) is 0. The Bertz CT molecular complexity index is 439. The lowest BCUT2D eigenvalue weighted by molar-refractivity contribution is 0.569. The zero-order valence-corrected chi connectivity index (χ0v) is 13.1. The molecule has 0 N–H and O–H groups in total. The van der Waals surface area contributed by atoms with Gasteiger partial charge in [-0.15, -0.1) is 0 Å². The lowest BCUT2D eigenvalue weighted by Crippen LogP contribution is -2.22. The summed E-state index contributed by atoms with van der Waals surface area (Å²) in [6, 6.07) is 6.08. The summed E-state index contributed by atoms with van der Waals surface area (Å²) in [7, 11) is -1.81. The Labute approximate surface area is 110 Å². The van der Waals surface area contributed by atoms with Crippen molar-refractivity contribution in [2.45, 2.75) is 52.4 Å². The third kappa shape index (κ3) is 3.53. The van der Waals surface area contributed by atoms with E-state index in [2.05, 4.69) is 47.6 Å². The molecule has 0 aliphatic rings. The second kappa shape index (κ2) is 4.71. The molecule has 0 spiro atoms. The van der Waals surface area contributed by atoms with Crippen molar-refractivity contribution in [3.05, 3.63) is 29.3 Å². The first-order valence-corrected chi connectivity index (χ1v) is 7.98. The van der Waals surface area contributed by atoms with Gasteiger partial charge in [-0.05, 0) is 27.0 Å². The largest absolute Gasteiger partial charge is 0.494 e. The van der Waals surface area contributed by atoms with Gasteiger partial charge in [-0.1, -0.05) is 53.7 Å². The van der Waals surface area contributed by atoms with Crippen LogP contribution in [0.1, 0.15) is 52.7 Å². The SMILES string of the molecule is CC(C)(C)c1ccc([P+](=O)Cl)c(C(C)(C)C)c1. The first-order chi connectivity index (χ1) is 7.53. The van der Waals surface area contributed by atoms with E-state index in [1.165, 1.54) is 5.56 Å². The molecule has 0 heterocycles. The summed E-state index contributed by atoms with van der Waals surface area (Å²) in [4.78, 5) is 0. The maximum absolute atomic E-state index is 11.6. The van der Waals surface area contributed by atoms with Crippen LogP contribution in [0, 0.1) is 0 Å². The molecule has 94 valence electrons. The minimum atomic E-state index is -1.81. The van der Waals surface area contributed by atoms with E-state index in [4.69, 9.17) is 11.2 Å². The Morgan fingerprint density at radius 1 is 1.00 bits per heavy atom. The van der Waals surface area contributed by atoms with Crippen molar-refractivity contribution in [2.75, 3.05) is 0 Å². The number of hydrogen-bond acceptors (Lipinski definition) is 1. The Morgan fingerprint density at radius 3 is 1.88 bits per heavy atom. The van der Waals surface area contributed by atoms with Crippen LogP contribution < -0.4 is 5.30 Å². The quantitative estimate of drug-likeness (QED) is 0.665. The summed E-state index contributed by atoms with van der Waals surface area (Å²) >= 11 is 5.79. The molecule has 0 radical (unpaired) electrons. The summed E-state index contributed by atoms with van der Waals surface area (Å²) in [5, 5.41) is 0.766. The molecule has 0 aromatic heterocycles. The highest BCUT2D eigenvalue weighted by atomic mass is 35.7. The van der Waals surface area contributed by atoms with Gasteiger partial charge in [-0.2, -0.15) is 0 Å². The van der Waals surface area contributed by atoms with Crippen molar-refractivity contribution in [3.8, 4) is 0 Å².